The van der Waals surface area contributed by atoms with Gasteiger partial charge in [0, 0.05) is 6.04 Å². The van der Waals surface area contributed by atoms with Gasteiger partial charge in [0.2, 0.25) is 0 Å². The molecule has 0 rings (SSSR count). The van der Waals surface area contributed by atoms with Crippen molar-refractivity contribution in [3.05, 3.63) is 6.92 Å². The summed E-state index contributed by atoms with van der Waals surface area (Å²) >= 11 is 0. The van der Waals surface area contributed by atoms with Gasteiger partial charge in [-0.15, -0.1) is 0 Å². The Morgan fingerprint density at radius 2 is 2.00 bits per heavy atom. The highest BCUT2D eigenvalue weighted by atomic mass is 16.6. The van der Waals surface area contributed by atoms with Gasteiger partial charge in [-0.05, 0) is 34.6 Å². The first kappa shape index (κ1) is 10.3. The molecule has 0 aromatic rings. The van der Waals surface area contributed by atoms with Gasteiger partial charge in [0.15, 0.2) is 0 Å². The zero-order valence-electron chi connectivity index (χ0n) is 7.60. The first-order valence-corrected chi connectivity index (χ1v) is 3.64. The summed E-state index contributed by atoms with van der Waals surface area (Å²) in [6.07, 6.45) is -0.417. The number of amides is 1. The Kier molecular flexibility index (Phi) is 3.36. The summed E-state index contributed by atoms with van der Waals surface area (Å²) in [7, 11) is 0. The van der Waals surface area contributed by atoms with Crippen LogP contribution in [-0.4, -0.2) is 17.7 Å². The molecule has 0 heterocycles. The lowest BCUT2D eigenvalue weighted by atomic mass is 10.2. The molecule has 0 aromatic carbocycles. The van der Waals surface area contributed by atoms with Crippen molar-refractivity contribution < 1.29 is 9.53 Å². The Balaban J connectivity index is 3.71. The molecule has 0 bridgehead atoms. The number of rotatable bonds is 1. The molecule has 11 heavy (non-hydrogen) atoms. The normalized spacial score (nSPS) is 11.5. The number of nitrogens with one attached hydrogen (secondary N) is 1. The Morgan fingerprint density at radius 3 is 2.27 bits per heavy atom. The summed E-state index contributed by atoms with van der Waals surface area (Å²) in [5.41, 5.74) is -0.432. The molecule has 1 amide bonds. The third kappa shape index (κ3) is 7.16. The first-order chi connectivity index (χ1) is 4.81. The van der Waals surface area contributed by atoms with Crippen molar-refractivity contribution >= 4 is 6.09 Å². The highest BCUT2D eigenvalue weighted by Gasteiger charge is 2.15. The van der Waals surface area contributed by atoms with Gasteiger partial charge in [-0.1, -0.05) is 0 Å². The van der Waals surface area contributed by atoms with Gasteiger partial charge in [0.25, 0.3) is 0 Å². The fraction of sp³-hybridized carbons (Fsp3) is 0.750. The van der Waals surface area contributed by atoms with Crippen molar-refractivity contribution in [3.8, 4) is 0 Å². The van der Waals surface area contributed by atoms with Crippen molar-refractivity contribution in [2.45, 2.75) is 39.3 Å². The van der Waals surface area contributed by atoms with E-state index in [0.29, 0.717) is 0 Å². The summed E-state index contributed by atoms with van der Waals surface area (Å²) < 4.78 is 4.96. The van der Waals surface area contributed by atoms with Crippen LogP contribution in [0, 0.1) is 6.92 Å². The summed E-state index contributed by atoms with van der Waals surface area (Å²) in [5, 5.41) is 2.53. The van der Waals surface area contributed by atoms with E-state index >= 15 is 0 Å². The van der Waals surface area contributed by atoms with Crippen LogP contribution in [0.1, 0.15) is 27.7 Å². The molecule has 0 saturated heterocycles. The number of hydrogen-bond donors (Lipinski definition) is 1. The van der Waals surface area contributed by atoms with Crippen molar-refractivity contribution in [2.75, 3.05) is 0 Å². The lowest BCUT2D eigenvalue weighted by Gasteiger charge is -2.20. The second kappa shape index (κ2) is 3.60. The second-order valence-electron chi connectivity index (χ2n) is 3.55. The monoisotopic (exact) mass is 158 g/mol. The van der Waals surface area contributed by atoms with Crippen molar-refractivity contribution in [1.82, 2.24) is 5.32 Å². The van der Waals surface area contributed by atoms with Crippen LogP contribution in [0.4, 0.5) is 4.79 Å². The van der Waals surface area contributed by atoms with Crippen LogP contribution < -0.4 is 5.32 Å². The molecule has 0 aliphatic carbocycles. The Morgan fingerprint density at radius 1 is 1.55 bits per heavy atom. The number of alkyl carbamates (subject to hydrolysis) is 1. The van der Waals surface area contributed by atoms with Crippen LogP contribution in [0.15, 0.2) is 0 Å². The minimum Gasteiger partial charge on any atom is -0.444 e. The molecule has 1 N–H and O–H groups in total. The summed E-state index contributed by atoms with van der Waals surface area (Å²) in [5.74, 6) is 0. The minimum atomic E-state index is -0.432. The third-order valence-electron chi connectivity index (χ3n) is 0.763. The number of carbonyl (C=O) groups excluding carboxylic acids is 1. The zero-order valence-corrected chi connectivity index (χ0v) is 7.60. The van der Waals surface area contributed by atoms with E-state index in [-0.39, 0.29) is 6.04 Å². The molecule has 0 fully saturated rings. The number of ether oxygens (including phenoxy) is 1. The second-order valence-corrected chi connectivity index (χ2v) is 3.55. The maximum absolute atomic E-state index is 10.9. The van der Waals surface area contributed by atoms with E-state index in [4.69, 9.17) is 4.74 Å². The fourth-order valence-electron chi connectivity index (χ4n) is 0.509. The Labute approximate surface area is 68.1 Å². The topological polar surface area (TPSA) is 38.3 Å². The predicted molar refractivity (Wildman–Crippen MR) is 44.2 cm³/mol. The fourth-order valence-corrected chi connectivity index (χ4v) is 0.509. The van der Waals surface area contributed by atoms with E-state index in [1.165, 1.54) is 0 Å². The highest BCUT2D eigenvalue weighted by Crippen LogP contribution is 2.06. The number of carbonyl (C=O) groups is 1. The summed E-state index contributed by atoms with van der Waals surface area (Å²) in [6, 6.07) is -0.121. The van der Waals surface area contributed by atoms with Gasteiger partial charge < -0.3 is 10.1 Å². The summed E-state index contributed by atoms with van der Waals surface area (Å²) in [4.78, 5) is 10.9. The van der Waals surface area contributed by atoms with E-state index in [2.05, 4.69) is 12.2 Å². The van der Waals surface area contributed by atoms with E-state index in [1.807, 2.05) is 20.8 Å². The molecule has 3 heteroatoms. The Bertz CT molecular complexity index is 136. The maximum atomic E-state index is 10.9. The van der Waals surface area contributed by atoms with Gasteiger partial charge in [-0.2, -0.15) is 0 Å². The zero-order chi connectivity index (χ0) is 9.07. The molecule has 0 aliphatic heterocycles. The largest absolute Gasteiger partial charge is 0.444 e. The Hall–Kier alpha value is -0.730. The SMILES string of the molecule is [CH2][C@@H](C)NC(=O)OC(C)(C)C. The molecule has 1 atom stereocenters. The summed E-state index contributed by atoms with van der Waals surface area (Å²) in [6.45, 7) is 10.8. The van der Waals surface area contributed by atoms with Gasteiger partial charge in [-0.25, -0.2) is 4.79 Å². The van der Waals surface area contributed by atoms with Crippen LogP contribution in [0.25, 0.3) is 0 Å². The van der Waals surface area contributed by atoms with E-state index in [9.17, 15) is 4.79 Å². The van der Waals surface area contributed by atoms with Crippen molar-refractivity contribution in [2.24, 2.45) is 0 Å². The smallest absolute Gasteiger partial charge is 0.407 e. The van der Waals surface area contributed by atoms with E-state index < -0.39 is 11.7 Å². The van der Waals surface area contributed by atoms with Gasteiger partial charge in [-0.3, -0.25) is 0 Å². The molecule has 0 unspecified atom stereocenters. The van der Waals surface area contributed by atoms with Crippen molar-refractivity contribution in [1.29, 1.82) is 0 Å². The molecule has 65 valence electrons. The average Bonchev–Trinajstić information content (AvgIpc) is 1.53. The van der Waals surface area contributed by atoms with E-state index in [1.54, 1.807) is 6.92 Å². The van der Waals surface area contributed by atoms with Crippen molar-refractivity contribution in [3.63, 3.8) is 0 Å². The molecule has 1 radical (unpaired) electrons. The minimum absolute atomic E-state index is 0.121. The predicted octanol–water partition coefficient (Wildman–Crippen LogP) is 1.73. The molecule has 3 nitrogen and oxygen atoms in total. The molecule has 0 saturated carbocycles. The van der Waals surface area contributed by atoms with Crippen LogP contribution in [-0.2, 0) is 4.74 Å². The lowest BCUT2D eigenvalue weighted by Crippen LogP contribution is -2.36. The van der Waals surface area contributed by atoms with Crippen LogP contribution in [0.3, 0.4) is 0 Å². The van der Waals surface area contributed by atoms with Gasteiger partial charge in [0.1, 0.15) is 5.60 Å². The lowest BCUT2D eigenvalue weighted by molar-refractivity contribution is 0.0517. The van der Waals surface area contributed by atoms with Crippen LogP contribution in [0.2, 0.25) is 0 Å². The maximum Gasteiger partial charge on any atom is 0.407 e. The molecule has 0 aliphatic rings. The first-order valence-electron chi connectivity index (χ1n) is 3.64. The average molecular weight is 158 g/mol. The third-order valence-corrected chi connectivity index (χ3v) is 0.763. The van der Waals surface area contributed by atoms with Crippen LogP contribution in [0.5, 0.6) is 0 Å². The molecule has 0 spiro atoms. The quantitative estimate of drug-likeness (QED) is 0.631. The molecular weight excluding hydrogens is 142 g/mol. The highest BCUT2D eigenvalue weighted by molar-refractivity contribution is 5.68. The van der Waals surface area contributed by atoms with E-state index in [0.717, 1.165) is 0 Å². The number of hydrogen-bond acceptors (Lipinski definition) is 2. The van der Waals surface area contributed by atoms with Gasteiger partial charge in [0.05, 0.1) is 0 Å². The standard InChI is InChI=1S/C8H16NO2/c1-6(2)9-7(10)11-8(3,4)5/h6H,1H2,2-5H3,(H,9,10)/t6-/m0/s1. The molecular formula is C8H16NO2. The molecule has 0 aromatic heterocycles. The van der Waals surface area contributed by atoms with Gasteiger partial charge >= 0.3 is 6.09 Å². The van der Waals surface area contributed by atoms with Crippen LogP contribution >= 0.6 is 0 Å².